The molecule has 0 unspecified atom stereocenters. The maximum Gasteiger partial charge on any atom is 0.346 e. The normalized spacial score (nSPS) is 11.3. The van der Waals surface area contributed by atoms with Crippen molar-refractivity contribution in [2.24, 2.45) is 0 Å². The fraction of sp³-hybridized carbons (Fsp3) is 0.0714. The minimum Gasteiger partial charge on any atom is -0.477 e. The number of aromatic nitrogens is 1. The summed E-state index contributed by atoms with van der Waals surface area (Å²) in [5, 5.41) is 18.6. The van der Waals surface area contributed by atoms with Crippen LogP contribution in [0.4, 0.5) is 0 Å². The van der Waals surface area contributed by atoms with Crippen LogP contribution in [0.1, 0.15) is 11.1 Å². The van der Waals surface area contributed by atoms with E-state index in [9.17, 15) is 4.79 Å². The molecule has 94 valence electrons. The second-order valence-corrected chi connectivity index (χ2v) is 4.35. The summed E-state index contributed by atoms with van der Waals surface area (Å²) in [5.41, 5.74) is 1.78. The molecule has 0 saturated heterocycles. The van der Waals surface area contributed by atoms with Crippen molar-refractivity contribution in [1.82, 2.24) is 4.98 Å². The van der Waals surface area contributed by atoms with E-state index in [0.29, 0.717) is 5.56 Å². The number of fused-ring (bicyclic) bond motifs is 1. The van der Waals surface area contributed by atoms with Crippen LogP contribution in [0, 0.1) is 18.3 Å². The zero-order chi connectivity index (χ0) is 14.0. The molecule has 0 aliphatic rings. The predicted molar refractivity (Wildman–Crippen MR) is 72.7 cm³/mol. The summed E-state index contributed by atoms with van der Waals surface area (Å²) in [4.78, 5) is 15.0. The number of carboxylic acid groups (broad SMARTS) is 1. The summed E-state index contributed by atoms with van der Waals surface area (Å²) in [6, 6.07) is 8.98. The van der Waals surface area contributed by atoms with E-state index in [4.69, 9.17) is 22.0 Å². The number of pyridine rings is 1. The van der Waals surface area contributed by atoms with Crippen LogP contribution < -0.4 is 0 Å². The van der Waals surface area contributed by atoms with Crippen LogP contribution in [0.15, 0.2) is 29.8 Å². The number of hydrogen-bond donors (Lipinski definition) is 1. The molecule has 2 aromatic rings. The molecule has 19 heavy (non-hydrogen) atoms. The topological polar surface area (TPSA) is 74.0 Å². The van der Waals surface area contributed by atoms with Crippen LogP contribution in [-0.4, -0.2) is 16.1 Å². The number of aliphatic carboxylic acids is 1. The van der Waals surface area contributed by atoms with Gasteiger partial charge in [0.15, 0.2) is 0 Å². The summed E-state index contributed by atoms with van der Waals surface area (Å²) in [5.74, 6) is -1.29. The van der Waals surface area contributed by atoms with Crippen LogP contribution >= 0.6 is 11.6 Å². The smallest absolute Gasteiger partial charge is 0.346 e. The van der Waals surface area contributed by atoms with E-state index in [-0.39, 0.29) is 10.7 Å². The number of aryl methyl sites for hydroxylation is 1. The van der Waals surface area contributed by atoms with Gasteiger partial charge >= 0.3 is 5.97 Å². The Morgan fingerprint density at radius 1 is 1.53 bits per heavy atom. The molecule has 0 aliphatic carbocycles. The van der Waals surface area contributed by atoms with Crippen molar-refractivity contribution in [1.29, 1.82) is 5.26 Å². The highest BCUT2D eigenvalue weighted by Crippen LogP contribution is 2.24. The van der Waals surface area contributed by atoms with Crippen LogP contribution in [0.25, 0.3) is 17.0 Å². The van der Waals surface area contributed by atoms with Gasteiger partial charge in [0.1, 0.15) is 16.8 Å². The molecule has 1 aromatic heterocycles. The van der Waals surface area contributed by atoms with E-state index >= 15 is 0 Å². The lowest BCUT2D eigenvalue weighted by Crippen LogP contribution is -1.98. The van der Waals surface area contributed by atoms with Crippen LogP contribution in [0.3, 0.4) is 0 Å². The van der Waals surface area contributed by atoms with E-state index in [2.05, 4.69) is 4.98 Å². The van der Waals surface area contributed by atoms with E-state index in [1.165, 1.54) is 6.08 Å². The number of nitrogens with zero attached hydrogens (tertiary/aromatic N) is 2. The van der Waals surface area contributed by atoms with E-state index in [1.54, 1.807) is 12.1 Å². The first-order valence-electron chi connectivity index (χ1n) is 5.44. The van der Waals surface area contributed by atoms with Gasteiger partial charge in [0.25, 0.3) is 0 Å². The lowest BCUT2D eigenvalue weighted by molar-refractivity contribution is -0.132. The van der Waals surface area contributed by atoms with Gasteiger partial charge in [-0.1, -0.05) is 29.8 Å². The zero-order valence-electron chi connectivity index (χ0n) is 10.0. The second kappa shape index (κ2) is 5.09. The number of halogens is 1. The summed E-state index contributed by atoms with van der Waals surface area (Å²) < 4.78 is 0. The molecule has 0 fully saturated rings. The quantitative estimate of drug-likeness (QED) is 0.518. The maximum absolute atomic E-state index is 10.8. The minimum absolute atomic E-state index is 0.177. The van der Waals surface area contributed by atoms with Crippen molar-refractivity contribution >= 4 is 34.5 Å². The van der Waals surface area contributed by atoms with E-state index < -0.39 is 5.97 Å². The van der Waals surface area contributed by atoms with Crippen molar-refractivity contribution in [2.75, 3.05) is 0 Å². The Labute approximate surface area is 114 Å². The molecule has 1 heterocycles. The molecular formula is C14H9ClN2O2. The predicted octanol–water partition coefficient (Wildman–Crippen LogP) is 3.19. The van der Waals surface area contributed by atoms with Crippen LogP contribution in [-0.2, 0) is 4.79 Å². The van der Waals surface area contributed by atoms with Gasteiger partial charge in [-0.2, -0.15) is 5.26 Å². The van der Waals surface area contributed by atoms with Crippen LogP contribution in [0.5, 0.6) is 0 Å². The van der Waals surface area contributed by atoms with Crippen molar-refractivity contribution < 1.29 is 9.90 Å². The molecule has 5 heteroatoms. The Bertz CT molecular complexity index is 745. The van der Waals surface area contributed by atoms with Gasteiger partial charge in [0.05, 0.1) is 5.52 Å². The van der Waals surface area contributed by atoms with Gasteiger partial charge in [0, 0.05) is 10.9 Å². The highest BCUT2D eigenvalue weighted by Gasteiger charge is 2.10. The number of nitriles is 1. The number of carboxylic acids is 1. The third-order valence-corrected chi connectivity index (χ3v) is 2.98. The van der Waals surface area contributed by atoms with E-state index in [1.807, 2.05) is 25.1 Å². The molecule has 0 saturated carbocycles. The highest BCUT2D eigenvalue weighted by molar-refractivity contribution is 6.31. The molecule has 4 nitrogen and oxygen atoms in total. The number of para-hydroxylation sites is 1. The number of rotatable bonds is 2. The summed E-state index contributed by atoms with van der Waals surface area (Å²) in [7, 11) is 0. The van der Waals surface area contributed by atoms with E-state index in [0.717, 1.165) is 16.5 Å². The summed E-state index contributed by atoms with van der Waals surface area (Å²) >= 11 is 6.02. The Balaban J connectivity index is 2.67. The molecule has 0 spiro atoms. The fourth-order valence-electron chi connectivity index (χ4n) is 1.74. The van der Waals surface area contributed by atoms with Gasteiger partial charge in [-0.25, -0.2) is 9.78 Å². The number of carbonyl (C=O) groups is 1. The number of benzene rings is 1. The minimum atomic E-state index is -1.29. The Kier molecular flexibility index (Phi) is 3.50. The summed E-state index contributed by atoms with van der Waals surface area (Å²) in [6.07, 6.45) is 1.22. The van der Waals surface area contributed by atoms with Gasteiger partial charge in [-0.15, -0.1) is 0 Å². The van der Waals surface area contributed by atoms with Gasteiger partial charge in [-0.3, -0.25) is 0 Å². The SMILES string of the molecule is Cc1cccc2cc(/C=C(\C#N)C(=O)O)c(Cl)nc12. The molecule has 0 atom stereocenters. The fourth-order valence-corrected chi connectivity index (χ4v) is 1.93. The molecule has 0 radical (unpaired) electrons. The summed E-state index contributed by atoms with van der Waals surface area (Å²) in [6.45, 7) is 1.92. The third-order valence-electron chi connectivity index (χ3n) is 2.68. The molecule has 1 N–H and O–H groups in total. The largest absolute Gasteiger partial charge is 0.477 e. The Hall–Kier alpha value is -2.38. The lowest BCUT2D eigenvalue weighted by atomic mass is 10.1. The first-order chi connectivity index (χ1) is 9.02. The second-order valence-electron chi connectivity index (χ2n) is 3.99. The Morgan fingerprint density at radius 2 is 2.26 bits per heavy atom. The monoisotopic (exact) mass is 272 g/mol. The molecule has 0 amide bonds. The van der Waals surface area contributed by atoms with Crippen molar-refractivity contribution in [3.8, 4) is 6.07 Å². The zero-order valence-corrected chi connectivity index (χ0v) is 10.8. The first-order valence-corrected chi connectivity index (χ1v) is 5.81. The standard InChI is InChI=1S/C14H9ClN2O2/c1-8-3-2-4-9-5-10(13(15)17-12(8)9)6-11(7-16)14(18)19/h2-6H,1H3,(H,18,19)/b11-6+. The Morgan fingerprint density at radius 3 is 2.89 bits per heavy atom. The van der Waals surface area contributed by atoms with Crippen molar-refractivity contribution in [3.05, 3.63) is 46.1 Å². The number of hydrogen-bond acceptors (Lipinski definition) is 3. The van der Waals surface area contributed by atoms with Crippen molar-refractivity contribution in [2.45, 2.75) is 6.92 Å². The first kappa shape index (κ1) is 13.1. The van der Waals surface area contributed by atoms with Gasteiger partial charge in [0.2, 0.25) is 0 Å². The van der Waals surface area contributed by atoms with Gasteiger partial charge < -0.3 is 5.11 Å². The lowest BCUT2D eigenvalue weighted by Gasteiger charge is -2.04. The van der Waals surface area contributed by atoms with Gasteiger partial charge in [-0.05, 0) is 24.6 Å². The average Bonchev–Trinajstić information content (AvgIpc) is 2.37. The highest BCUT2D eigenvalue weighted by atomic mass is 35.5. The molecule has 0 bridgehead atoms. The molecular weight excluding hydrogens is 264 g/mol. The third kappa shape index (κ3) is 2.56. The molecule has 0 aliphatic heterocycles. The van der Waals surface area contributed by atoms with Crippen molar-refractivity contribution in [3.63, 3.8) is 0 Å². The van der Waals surface area contributed by atoms with Crippen LogP contribution in [0.2, 0.25) is 5.15 Å². The average molecular weight is 273 g/mol. The molecule has 2 rings (SSSR count). The maximum atomic E-state index is 10.8. The molecule has 1 aromatic carbocycles.